The molecular weight excluding hydrogens is 342 g/mol. The second-order valence-corrected chi connectivity index (χ2v) is 8.36. The van der Waals surface area contributed by atoms with Crippen LogP contribution in [0.2, 0.25) is 0 Å². The second-order valence-electron chi connectivity index (χ2n) is 8.36. The largest absolute Gasteiger partial charge is 0.378 e. The molecule has 3 heterocycles. The number of amides is 2. The Bertz CT molecular complexity index is 688. The monoisotopic (exact) mass is 371 g/mol. The molecule has 1 saturated carbocycles. The molecule has 0 unspecified atom stereocenters. The fraction of sp³-hybridized carbons (Fsp3) is 0.667. The Labute approximate surface area is 160 Å². The Morgan fingerprint density at radius 1 is 1.15 bits per heavy atom. The van der Waals surface area contributed by atoms with Gasteiger partial charge in [0, 0.05) is 51.1 Å². The third-order valence-corrected chi connectivity index (χ3v) is 6.99. The molecule has 2 aliphatic heterocycles. The van der Waals surface area contributed by atoms with E-state index < -0.39 is 0 Å². The van der Waals surface area contributed by atoms with Crippen molar-refractivity contribution in [2.75, 3.05) is 20.2 Å². The van der Waals surface area contributed by atoms with Gasteiger partial charge >= 0.3 is 0 Å². The first-order valence-electron chi connectivity index (χ1n) is 10.1. The van der Waals surface area contributed by atoms with Gasteiger partial charge in [0.25, 0.3) is 0 Å². The highest BCUT2D eigenvalue weighted by molar-refractivity contribution is 5.80. The summed E-state index contributed by atoms with van der Waals surface area (Å²) in [6.45, 7) is 2.11. The third kappa shape index (κ3) is 3.47. The molecule has 3 aliphatic rings. The van der Waals surface area contributed by atoms with Crippen LogP contribution in [0.1, 0.15) is 56.9 Å². The van der Waals surface area contributed by atoms with E-state index >= 15 is 0 Å². The number of pyridine rings is 1. The number of carbonyl (C=O) groups is 2. The van der Waals surface area contributed by atoms with Crippen LogP contribution in [0, 0.1) is 0 Å². The average Bonchev–Trinajstić information content (AvgIpc) is 2.96. The summed E-state index contributed by atoms with van der Waals surface area (Å²) >= 11 is 0. The quantitative estimate of drug-likeness (QED) is 0.798. The van der Waals surface area contributed by atoms with E-state index in [9.17, 15) is 9.59 Å². The van der Waals surface area contributed by atoms with Gasteiger partial charge in [-0.25, -0.2) is 0 Å². The summed E-state index contributed by atoms with van der Waals surface area (Å²) in [7, 11) is 1.72. The Morgan fingerprint density at radius 2 is 1.85 bits per heavy atom. The van der Waals surface area contributed by atoms with Gasteiger partial charge in [-0.05, 0) is 56.2 Å². The lowest BCUT2D eigenvalue weighted by molar-refractivity contribution is -0.147. The summed E-state index contributed by atoms with van der Waals surface area (Å²) in [4.78, 5) is 33.4. The van der Waals surface area contributed by atoms with Crippen LogP contribution in [0.25, 0.3) is 0 Å². The van der Waals surface area contributed by atoms with Crippen LogP contribution in [0.4, 0.5) is 0 Å². The van der Waals surface area contributed by atoms with Crippen LogP contribution in [0.3, 0.4) is 0 Å². The van der Waals surface area contributed by atoms with E-state index in [4.69, 9.17) is 4.74 Å². The second kappa shape index (κ2) is 7.23. The third-order valence-electron chi connectivity index (χ3n) is 6.99. The fourth-order valence-corrected chi connectivity index (χ4v) is 4.90. The Hall–Kier alpha value is -1.95. The maximum atomic E-state index is 12.8. The zero-order valence-electron chi connectivity index (χ0n) is 16.2. The average molecular weight is 371 g/mol. The number of hydrogen-bond acceptors (Lipinski definition) is 4. The molecular formula is C21H29N3O3. The molecule has 146 valence electrons. The number of carbonyl (C=O) groups excluding carboxylic acids is 2. The summed E-state index contributed by atoms with van der Waals surface area (Å²) < 4.78 is 5.62. The molecule has 2 saturated heterocycles. The van der Waals surface area contributed by atoms with Crippen LogP contribution in [0.5, 0.6) is 0 Å². The van der Waals surface area contributed by atoms with Gasteiger partial charge in [0.15, 0.2) is 0 Å². The van der Waals surface area contributed by atoms with Crippen molar-refractivity contribution in [1.29, 1.82) is 0 Å². The summed E-state index contributed by atoms with van der Waals surface area (Å²) in [6, 6.07) is 3.95. The number of ether oxygens (including phenoxy) is 1. The van der Waals surface area contributed by atoms with E-state index in [2.05, 4.69) is 9.88 Å². The molecule has 3 fully saturated rings. The molecule has 0 atom stereocenters. The van der Waals surface area contributed by atoms with E-state index in [-0.39, 0.29) is 23.0 Å². The van der Waals surface area contributed by atoms with E-state index in [1.54, 1.807) is 19.5 Å². The number of methoxy groups -OCH3 is 1. The lowest BCUT2D eigenvalue weighted by atomic mass is 9.77. The Morgan fingerprint density at radius 3 is 2.44 bits per heavy atom. The molecule has 6 heteroatoms. The summed E-state index contributed by atoms with van der Waals surface area (Å²) in [5.41, 5.74) is 0.806. The highest BCUT2D eigenvalue weighted by atomic mass is 16.5. The van der Waals surface area contributed by atoms with E-state index in [1.165, 1.54) is 0 Å². The van der Waals surface area contributed by atoms with Crippen molar-refractivity contribution < 1.29 is 14.3 Å². The van der Waals surface area contributed by atoms with Gasteiger partial charge in [-0.3, -0.25) is 14.6 Å². The van der Waals surface area contributed by atoms with Gasteiger partial charge in [-0.1, -0.05) is 0 Å². The van der Waals surface area contributed by atoms with Crippen molar-refractivity contribution in [3.8, 4) is 0 Å². The lowest BCUT2D eigenvalue weighted by Crippen LogP contribution is -2.55. The van der Waals surface area contributed by atoms with Crippen molar-refractivity contribution in [1.82, 2.24) is 14.8 Å². The molecule has 6 nitrogen and oxygen atoms in total. The summed E-state index contributed by atoms with van der Waals surface area (Å²) in [5.74, 6) is 0.441. The first-order chi connectivity index (χ1) is 13.1. The van der Waals surface area contributed by atoms with Gasteiger partial charge in [0.1, 0.15) is 0 Å². The molecule has 4 rings (SSSR count). The molecule has 0 radical (unpaired) electrons. The topological polar surface area (TPSA) is 62.7 Å². The normalized spacial score (nSPS) is 23.5. The molecule has 27 heavy (non-hydrogen) atoms. The summed E-state index contributed by atoms with van der Waals surface area (Å²) in [5, 5.41) is 0. The first kappa shape index (κ1) is 18.4. The summed E-state index contributed by atoms with van der Waals surface area (Å²) in [6.07, 6.45) is 10.4. The maximum Gasteiger partial charge on any atom is 0.225 e. The highest BCUT2D eigenvalue weighted by Gasteiger charge is 2.48. The van der Waals surface area contributed by atoms with Crippen LogP contribution >= 0.6 is 0 Å². The number of hydrogen-bond donors (Lipinski definition) is 0. The minimum atomic E-state index is -0.219. The Balaban J connectivity index is 1.39. The SMILES string of the molecule is COC1(CC(=O)N2CCC3(CCC(=O)N3Cc3ccncc3)CC2)CCC1. The van der Waals surface area contributed by atoms with Gasteiger partial charge in [-0.2, -0.15) is 0 Å². The van der Waals surface area contributed by atoms with E-state index in [1.807, 2.05) is 17.0 Å². The minimum absolute atomic E-state index is 0.0907. The number of rotatable bonds is 5. The van der Waals surface area contributed by atoms with Gasteiger partial charge in [0.2, 0.25) is 11.8 Å². The molecule has 1 aromatic rings. The van der Waals surface area contributed by atoms with E-state index in [0.717, 1.165) is 57.2 Å². The number of likely N-dealkylation sites (tertiary alicyclic amines) is 2. The molecule has 0 N–H and O–H groups in total. The highest BCUT2D eigenvalue weighted by Crippen LogP contribution is 2.42. The maximum absolute atomic E-state index is 12.8. The molecule has 1 aliphatic carbocycles. The zero-order chi connectivity index (χ0) is 18.9. The lowest BCUT2D eigenvalue weighted by Gasteiger charge is -2.46. The number of piperidine rings is 1. The smallest absolute Gasteiger partial charge is 0.225 e. The minimum Gasteiger partial charge on any atom is -0.378 e. The molecule has 0 aromatic carbocycles. The molecule has 0 bridgehead atoms. The van der Waals surface area contributed by atoms with Crippen LogP contribution in [-0.4, -0.2) is 57.9 Å². The molecule has 2 amide bonds. The van der Waals surface area contributed by atoms with Gasteiger partial charge in [-0.15, -0.1) is 0 Å². The molecule has 1 spiro atoms. The van der Waals surface area contributed by atoms with E-state index in [0.29, 0.717) is 19.4 Å². The van der Waals surface area contributed by atoms with Crippen LogP contribution < -0.4 is 0 Å². The van der Waals surface area contributed by atoms with Crippen molar-refractivity contribution in [3.05, 3.63) is 30.1 Å². The zero-order valence-corrected chi connectivity index (χ0v) is 16.2. The first-order valence-corrected chi connectivity index (χ1v) is 10.1. The number of nitrogens with zero attached hydrogens (tertiary/aromatic N) is 3. The van der Waals surface area contributed by atoms with Gasteiger partial charge in [0.05, 0.1) is 12.0 Å². The fourth-order valence-electron chi connectivity index (χ4n) is 4.90. The van der Waals surface area contributed by atoms with Crippen LogP contribution in [-0.2, 0) is 20.9 Å². The van der Waals surface area contributed by atoms with Crippen molar-refractivity contribution in [3.63, 3.8) is 0 Å². The van der Waals surface area contributed by atoms with Gasteiger partial charge < -0.3 is 14.5 Å². The van der Waals surface area contributed by atoms with Crippen molar-refractivity contribution >= 4 is 11.8 Å². The van der Waals surface area contributed by atoms with Crippen molar-refractivity contribution in [2.45, 2.75) is 69.1 Å². The number of aromatic nitrogens is 1. The standard InChI is InChI=1S/C21H29N3O3/c1-27-21(6-2-7-21)15-19(26)23-13-9-20(10-14-23)8-3-18(25)24(20)16-17-4-11-22-12-5-17/h4-5,11-12H,2-3,6-10,13-16H2,1H3. The molecule has 1 aromatic heterocycles. The Kier molecular flexibility index (Phi) is 4.93. The predicted octanol–water partition coefficient (Wildman–Crippen LogP) is 2.52. The predicted molar refractivity (Wildman–Crippen MR) is 101 cm³/mol. The van der Waals surface area contributed by atoms with Crippen LogP contribution in [0.15, 0.2) is 24.5 Å². The van der Waals surface area contributed by atoms with Crippen molar-refractivity contribution in [2.24, 2.45) is 0 Å².